The van der Waals surface area contributed by atoms with Crippen LogP contribution in [0.2, 0.25) is 0 Å². The fourth-order valence-corrected chi connectivity index (χ4v) is 4.99. The van der Waals surface area contributed by atoms with Gasteiger partial charge in [-0.3, -0.25) is 19.8 Å². The Hall–Kier alpha value is -4.55. The summed E-state index contributed by atoms with van der Waals surface area (Å²) in [6, 6.07) is 25.7. The minimum absolute atomic E-state index is 0.0354. The molecule has 0 amide bonds. The first kappa shape index (κ1) is 23.2. The monoisotopic (exact) mass is 480 g/mol. The Morgan fingerprint density at radius 1 is 0.944 bits per heavy atom. The Morgan fingerprint density at radius 3 is 2.06 bits per heavy atom. The normalized spacial score (nSPS) is 14.2. The van der Waals surface area contributed by atoms with Crippen LogP contribution in [0.1, 0.15) is 22.9 Å². The zero-order valence-electron chi connectivity index (χ0n) is 19.7. The number of nitrogens with zero attached hydrogens (tertiary/aromatic N) is 6. The fourth-order valence-electron chi connectivity index (χ4n) is 4.99. The number of hydrogen-bond acceptors (Lipinski definition) is 7. The van der Waals surface area contributed by atoms with E-state index in [2.05, 4.69) is 34.1 Å². The molecule has 5 rings (SSSR count). The molecule has 2 aromatic heterocycles. The van der Waals surface area contributed by atoms with E-state index in [1.54, 1.807) is 6.07 Å². The summed E-state index contributed by atoms with van der Waals surface area (Å²) in [5.41, 5.74) is 2.21. The van der Waals surface area contributed by atoms with Crippen molar-refractivity contribution < 1.29 is 4.92 Å². The second-order valence-corrected chi connectivity index (χ2v) is 8.74. The number of aromatic nitrogens is 2. The van der Waals surface area contributed by atoms with Gasteiger partial charge in [-0.2, -0.15) is 5.26 Å². The van der Waals surface area contributed by atoms with Crippen LogP contribution in [0.25, 0.3) is 11.0 Å². The quantitative estimate of drug-likeness (QED) is 0.317. The lowest BCUT2D eigenvalue weighted by Gasteiger charge is -2.40. The number of piperazine rings is 1. The van der Waals surface area contributed by atoms with Crippen LogP contribution < -0.4 is 10.5 Å². The van der Waals surface area contributed by atoms with Crippen molar-refractivity contribution in [2.24, 2.45) is 7.05 Å². The molecule has 0 N–H and O–H groups in total. The number of hydrogen-bond donors (Lipinski definition) is 0. The van der Waals surface area contributed by atoms with Gasteiger partial charge in [0.15, 0.2) is 5.69 Å². The molecule has 1 aliphatic heterocycles. The number of anilines is 1. The molecular weight excluding hydrogens is 456 g/mol. The molecule has 1 saturated heterocycles. The Morgan fingerprint density at radius 2 is 1.53 bits per heavy atom. The molecule has 0 atom stereocenters. The maximum Gasteiger partial charge on any atom is 0.359 e. The highest BCUT2D eigenvalue weighted by molar-refractivity contribution is 5.94. The van der Waals surface area contributed by atoms with E-state index in [4.69, 9.17) is 0 Å². The summed E-state index contributed by atoms with van der Waals surface area (Å²) in [6.45, 7) is 2.19. The molecular formula is C27H24N6O3. The van der Waals surface area contributed by atoms with E-state index in [0.717, 1.165) is 0 Å². The third-order valence-corrected chi connectivity index (χ3v) is 6.71. The fraction of sp³-hybridized carbons (Fsp3) is 0.222. The van der Waals surface area contributed by atoms with Crippen LogP contribution in [0, 0.1) is 21.4 Å². The number of nitro groups is 1. The maximum atomic E-state index is 13.0. The van der Waals surface area contributed by atoms with E-state index in [-0.39, 0.29) is 17.4 Å². The molecule has 2 aromatic carbocycles. The van der Waals surface area contributed by atoms with E-state index >= 15 is 0 Å². The number of benzene rings is 2. The summed E-state index contributed by atoms with van der Waals surface area (Å²) < 4.78 is 1.22. The van der Waals surface area contributed by atoms with Crippen LogP contribution in [-0.2, 0) is 7.05 Å². The number of rotatable bonds is 5. The van der Waals surface area contributed by atoms with Crippen molar-refractivity contribution in [3.05, 3.63) is 110 Å². The lowest BCUT2D eigenvalue weighted by molar-refractivity contribution is -0.385. The molecule has 0 spiro atoms. The first-order chi connectivity index (χ1) is 17.5. The highest BCUT2D eigenvalue weighted by atomic mass is 16.6. The van der Waals surface area contributed by atoms with Crippen LogP contribution in [-0.4, -0.2) is 45.6 Å². The molecule has 0 aliphatic carbocycles. The van der Waals surface area contributed by atoms with Gasteiger partial charge in [0.1, 0.15) is 17.3 Å². The third kappa shape index (κ3) is 4.08. The smallest absolute Gasteiger partial charge is 0.359 e. The number of pyridine rings is 2. The SMILES string of the molecule is Cn1c(=O)c([N+](=O)[O-])c(N2CCN(C(c3ccccc3)c3ccccc3)CC2)c2nc(C#N)ccc21. The summed E-state index contributed by atoms with van der Waals surface area (Å²) >= 11 is 0. The van der Waals surface area contributed by atoms with Gasteiger partial charge in [-0.25, -0.2) is 4.98 Å². The van der Waals surface area contributed by atoms with Gasteiger partial charge >= 0.3 is 11.2 Å². The van der Waals surface area contributed by atoms with E-state index in [0.29, 0.717) is 37.2 Å². The van der Waals surface area contributed by atoms with E-state index < -0.39 is 16.2 Å². The van der Waals surface area contributed by atoms with Gasteiger partial charge in [-0.05, 0) is 23.3 Å². The lowest BCUT2D eigenvalue weighted by Crippen LogP contribution is -2.48. The van der Waals surface area contributed by atoms with Gasteiger partial charge in [-0.1, -0.05) is 60.7 Å². The lowest BCUT2D eigenvalue weighted by atomic mass is 9.96. The summed E-state index contributed by atoms with van der Waals surface area (Å²) in [4.78, 5) is 33.0. The van der Waals surface area contributed by atoms with Crippen LogP contribution in [0.15, 0.2) is 77.6 Å². The van der Waals surface area contributed by atoms with Crippen molar-refractivity contribution >= 4 is 22.4 Å². The zero-order chi connectivity index (χ0) is 25.2. The predicted molar refractivity (Wildman–Crippen MR) is 137 cm³/mol. The maximum absolute atomic E-state index is 13.0. The molecule has 4 aromatic rings. The molecule has 36 heavy (non-hydrogen) atoms. The van der Waals surface area contributed by atoms with Crippen molar-refractivity contribution in [2.45, 2.75) is 6.04 Å². The van der Waals surface area contributed by atoms with Crippen molar-refractivity contribution in [2.75, 3.05) is 31.1 Å². The zero-order valence-corrected chi connectivity index (χ0v) is 19.7. The molecule has 0 saturated carbocycles. The standard InChI is InChI=1S/C27H24N6O3/c1-30-22-13-12-21(18-28)29-23(22)25(26(27(30)34)33(35)36)32-16-14-31(15-17-32)24(19-8-4-2-5-9-19)20-10-6-3-7-11-20/h2-13,24H,14-17H2,1H3. The van der Waals surface area contributed by atoms with E-state index in [1.807, 2.05) is 47.4 Å². The molecule has 180 valence electrons. The van der Waals surface area contributed by atoms with Crippen molar-refractivity contribution in [1.29, 1.82) is 5.26 Å². The predicted octanol–water partition coefficient (Wildman–Crippen LogP) is 3.62. The molecule has 0 unspecified atom stereocenters. The Kier molecular flexibility index (Phi) is 6.19. The summed E-state index contributed by atoms with van der Waals surface area (Å²) in [5, 5.41) is 21.4. The topological polar surface area (TPSA) is 108 Å². The van der Waals surface area contributed by atoms with Crippen LogP contribution in [0.5, 0.6) is 0 Å². The van der Waals surface area contributed by atoms with E-state index in [1.165, 1.54) is 28.8 Å². The summed E-state index contributed by atoms with van der Waals surface area (Å²) in [7, 11) is 1.48. The van der Waals surface area contributed by atoms with Crippen LogP contribution >= 0.6 is 0 Å². The van der Waals surface area contributed by atoms with Crippen LogP contribution in [0.3, 0.4) is 0 Å². The second kappa shape index (κ2) is 9.60. The second-order valence-electron chi connectivity index (χ2n) is 8.74. The third-order valence-electron chi connectivity index (χ3n) is 6.71. The summed E-state index contributed by atoms with van der Waals surface area (Å²) in [5.74, 6) is 0. The molecule has 1 aliphatic rings. The first-order valence-electron chi connectivity index (χ1n) is 11.7. The molecule has 0 radical (unpaired) electrons. The van der Waals surface area contributed by atoms with Gasteiger partial charge < -0.3 is 9.47 Å². The minimum Gasteiger partial charge on any atom is -0.361 e. The first-order valence-corrected chi connectivity index (χ1v) is 11.7. The van der Waals surface area contributed by atoms with Gasteiger partial charge in [0.05, 0.1) is 16.5 Å². The largest absolute Gasteiger partial charge is 0.361 e. The van der Waals surface area contributed by atoms with Crippen molar-refractivity contribution in [1.82, 2.24) is 14.5 Å². The molecule has 9 heteroatoms. The Balaban J connectivity index is 1.55. The van der Waals surface area contributed by atoms with Crippen LogP contribution in [0.4, 0.5) is 11.4 Å². The number of aryl methyl sites for hydroxylation is 1. The van der Waals surface area contributed by atoms with Gasteiger partial charge in [-0.15, -0.1) is 0 Å². The summed E-state index contributed by atoms with van der Waals surface area (Å²) in [6.07, 6.45) is 0. The minimum atomic E-state index is -0.692. The molecule has 1 fully saturated rings. The average Bonchev–Trinajstić information content (AvgIpc) is 2.92. The molecule has 3 heterocycles. The number of fused-ring (bicyclic) bond motifs is 1. The molecule has 9 nitrogen and oxygen atoms in total. The van der Waals surface area contributed by atoms with E-state index in [9.17, 15) is 20.2 Å². The van der Waals surface area contributed by atoms with Crippen molar-refractivity contribution in [3.8, 4) is 6.07 Å². The average molecular weight is 481 g/mol. The van der Waals surface area contributed by atoms with Crippen molar-refractivity contribution in [3.63, 3.8) is 0 Å². The van der Waals surface area contributed by atoms with Gasteiger partial charge in [0.2, 0.25) is 0 Å². The Bertz CT molecular complexity index is 1480. The highest BCUT2D eigenvalue weighted by Gasteiger charge is 2.33. The molecule has 0 bridgehead atoms. The van der Waals surface area contributed by atoms with Gasteiger partial charge in [0, 0.05) is 33.2 Å². The Labute approximate surface area is 207 Å². The van der Waals surface area contributed by atoms with Gasteiger partial charge in [0.25, 0.3) is 0 Å². The highest BCUT2D eigenvalue weighted by Crippen LogP contribution is 2.35. The number of nitriles is 1.